The summed E-state index contributed by atoms with van der Waals surface area (Å²) in [6, 6.07) is 1.77. The maximum absolute atomic E-state index is 13.2. The molecule has 3 N–H and O–H groups in total. The maximum atomic E-state index is 13.2. The van der Waals surface area contributed by atoms with Crippen LogP contribution in [-0.2, 0) is 6.61 Å². The number of alkyl halides is 3. The smallest absolute Gasteiger partial charge is 0.403 e. The van der Waals surface area contributed by atoms with Gasteiger partial charge in [-0.3, -0.25) is 0 Å². The topological polar surface area (TPSA) is 55.5 Å². The molecule has 0 amide bonds. The second-order valence-electron chi connectivity index (χ2n) is 2.65. The van der Waals surface area contributed by atoms with E-state index in [1.54, 1.807) is 0 Å². The predicted molar refractivity (Wildman–Crippen MR) is 43.4 cm³/mol. The Bertz CT molecular complexity index is 364. The Morgan fingerprint density at radius 2 is 1.93 bits per heavy atom. The van der Waals surface area contributed by atoms with Gasteiger partial charge in [-0.1, -0.05) is 0 Å². The third-order valence-electron chi connectivity index (χ3n) is 1.63. The lowest BCUT2D eigenvalue weighted by Gasteiger charge is -2.12. The van der Waals surface area contributed by atoms with Crippen LogP contribution in [0.25, 0.3) is 0 Å². The van der Waals surface area contributed by atoms with Gasteiger partial charge in [0.2, 0.25) is 0 Å². The summed E-state index contributed by atoms with van der Waals surface area (Å²) in [5, 5.41) is 8.67. The van der Waals surface area contributed by atoms with Gasteiger partial charge in [0, 0.05) is 11.3 Å². The second kappa shape index (κ2) is 3.93. The molecule has 0 heterocycles. The third kappa shape index (κ3) is 2.72. The first-order valence-corrected chi connectivity index (χ1v) is 3.78. The van der Waals surface area contributed by atoms with Crippen LogP contribution in [0.2, 0.25) is 0 Å². The van der Waals surface area contributed by atoms with Crippen LogP contribution < -0.4 is 10.5 Å². The number of anilines is 1. The van der Waals surface area contributed by atoms with Crippen LogP contribution in [0.3, 0.4) is 0 Å². The van der Waals surface area contributed by atoms with E-state index in [2.05, 4.69) is 4.74 Å². The summed E-state index contributed by atoms with van der Waals surface area (Å²) in [6.07, 6.45) is -4.98. The van der Waals surface area contributed by atoms with Crippen molar-refractivity contribution in [1.29, 1.82) is 0 Å². The Morgan fingerprint density at radius 1 is 1.33 bits per heavy atom. The van der Waals surface area contributed by atoms with Crippen LogP contribution in [0.1, 0.15) is 5.56 Å². The highest BCUT2D eigenvalue weighted by Crippen LogP contribution is 2.30. The molecule has 84 valence electrons. The van der Waals surface area contributed by atoms with Crippen LogP contribution >= 0.6 is 0 Å². The van der Waals surface area contributed by atoms with Gasteiger partial charge in [-0.05, 0) is 12.1 Å². The average molecular weight is 225 g/mol. The number of rotatable bonds is 2. The first-order chi connectivity index (χ1) is 6.85. The maximum Gasteiger partial charge on any atom is 0.573 e. The number of nitrogen functional groups attached to an aromatic ring is 1. The molecule has 1 rings (SSSR count). The van der Waals surface area contributed by atoms with Crippen molar-refractivity contribution in [3.05, 3.63) is 23.5 Å². The zero-order valence-corrected chi connectivity index (χ0v) is 7.31. The van der Waals surface area contributed by atoms with Crippen molar-refractivity contribution >= 4 is 5.69 Å². The van der Waals surface area contributed by atoms with Crippen molar-refractivity contribution in [2.45, 2.75) is 13.0 Å². The van der Waals surface area contributed by atoms with Crippen molar-refractivity contribution in [3.63, 3.8) is 0 Å². The Hall–Kier alpha value is -1.50. The Balaban J connectivity index is 3.11. The summed E-state index contributed by atoms with van der Waals surface area (Å²) in [4.78, 5) is 0. The average Bonchev–Trinajstić information content (AvgIpc) is 2.09. The van der Waals surface area contributed by atoms with E-state index >= 15 is 0 Å². The van der Waals surface area contributed by atoms with E-state index < -0.39 is 30.1 Å². The minimum atomic E-state index is -4.98. The summed E-state index contributed by atoms with van der Waals surface area (Å²) in [7, 11) is 0. The summed E-state index contributed by atoms with van der Waals surface area (Å²) in [5.41, 5.74) is 4.67. The molecule has 0 fully saturated rings. The highest BCUT2D eigenvalue weighted by atomic mass is 19.4. The largest absolute Gasteiger partial charge is 0.573 e. The highest BCUT2D eigenvalue weighted by Gasteiger charge is 2.33. The minimum absolute atomic E-state index is 0.135. The molecule has 0 bridgehead atoms. The number of benzene rings is 1. The lowest BCUT2D eigenvalue weighted by Crippen LogP contribution is -2.18. The fourth-order valence-corrected chi connectivity index (χ4v) is 0.979. The lowest BCUT2D eigenvalue weighted by molar-refractivity contribution is -0.275. The van der Waals surface area contributed by atoms with Crippen LogP contribution in [0.5, 0.6) is 5.75 Å². The number of ether oxygens (including phenoxy) is 1. The Kier molecular flexibility index (Phi) is 3.04. The van der Waals surface area contributed by atoms with E-state index in [1.165, 1.54) is 0 Å². The quantitative estimate of drug-likeness (QED) is 0.596. The minimum Gasteiger partial charge on any atom is -0.403 e. The van der Waals surface area contributed by atoms with Crippen molar-refractivity contribution in [2.24, 2.45) is 0 Å². The monoisotopic (exact) mass is 225 g/mol. The molecule has 1 aromatic rings. The van der Waals surface area contributed by atoms with Crippen LogP contribution in [0, 0.1) is 5.82 Å². The van der Waals surface area contributed by atoms with Crippen molar-refractivity contribution in [2.75, 3.05) is 5.73 Å². The van der Waals surface area contributed by atoms with Crippen LogP contribution in [-0.4, -0.2) is 11.5 Å². The molecule has 0 aliphatic carbocycles. The fraction of sp³-hybridized carbons (Fsp3) is 0.250. The van der Waals surface area contributed by atoms with Crippen LogP contribution in [0.15, 0.2) is 12.1 Å². The van der Waals surface area contributed by atoms with E-state index in [0.29, 0.717) is 0 Å². The molecule has 15 heavy (non-hydrogen) atoms. The lowest BCUT2D eigenvalue weighted by atomic mass is 10.1. The predicted octanol–water partition coefficient (Wildman–Crippen LogP) is 1.80. The highest BCUT2D eigenvalue weighted by molar-refractivity contribution is 5.51. The number of aliphatic hydroxyl groups is 1. The van der Waals surface area contributed by atoms with Crippen molar-refractivity contribution in [1.82, 2.24) is 0 Å². The molecule has 0 unspecified atom stereocenters. The number of nitrogens with two attached hydrogens (primary N) is 1. The molecule has 0 radical (unpaired) electrons. The molecule has 0 saturated carbocycles. The number of hydrogen-bond donors (Lipinski definition) is 2. The van der Waals surface area contributed by atoms with E-state index in [1.807, 2.05) is 0 Å². The fourth-order valence-electron chi connectivity index (χ4n) is 0.979. The Morgan fingerprint density at radius 3 is 2.40 bits per heavy atom. The van der Waals surface area contributed by atoms with E-state index in [0.717, 1.165) is 12.1 Å². The van der Waals surface area contributed by atoms with Gasteiger partial charge in [0.15, 0.2) is 11.6 Å². The summed E-state index contributed by atoms with van der Waals surface area (Å²) < 4.78 is 51.9. The van der Waals surface area contributed by atoms with Gasteiger partial charge in [0.05, 0.1) is 6.61 Å². The summed E-state index contributed by atoms with van der Waals surface area (Å²) in [5.74, 6) is -2.32. The Labute approximate surface area is 82.1 Å². The number of hydrogen-bond acceptors (Lipinski definition) is 3. The van der Waals surface area contributed by atoms with Gasteiger partial charge in [-0.25, -0.2) is 4.39 Å². The van der Waals surface area contributed by atoms with Crippen molar-refractivity contribution < 1.29 is 27.4 Å². The second-order valence-corrected chi connectivity index (χ2v) is 2.65. The first kappa shape index (κ1) is 11.6. The molecule has 0 spiro atoms. The molecule has 0 saturated heterocycles. The van der Waals surface area contributed by atoms with E-state index in [-0.39, 0.29) is 5.69 Å². The number of halogens is 4. The summed E-state index contributed by atoms with van der Waals surface area (Å²) in [6.45, 7) is -0.799. The van der Waals surface area contributed by atoms with Gasteiger partial charge in [0.1, 0.15) is 0 Å². The molecular formula is C8H7F4NO2. The standard InChI is InChI=1S/C8H7F4NO2/c9-7-4(3-14)5(13)1-2-6(7)15-8(10,11)12/h1-2,14H,3,13H2. The molecule has 0 atom stereocenters. The molecule has 1 aromatic carbocycles. The molecule has 3 nitrogen and oxygen atoms in total. The first-order valence-electron chi connectivity index (χ1n) is 3.78. The normalized spacial score (nSPS) is 11.5. The van der Waals surface area contributed by atoms with E-state index in [9.17, 15) is 17.6 Å². The molecule has 0 aromatic heterocycles. The molecule has 7 heteroatoms. The SMILES string of the molecule is Nc1ccc(OC(F)(F)F)c(F)c1CO. The van der Waals surface area contributed by atoms with Gasteiger partial charge >= 0.3 is 6.36 Å². The molecular weight excluding hydrogens is 218 g/mol. The number of aliphatic hydroxyl groups excluding tert-OH is 1. The third-order valence-corrected chi connectivity index (χ3v) is 1.63. The van der Waals surface area contributed by atoms with Gasteiger partial charge in [0.25, 0.3) is 0 Å². The van der Waals surface area contributed by atoms with Crippen molar-refractivity contribution in [3.8, 4) is 5.75 Å². The summed E-state index contributed by atoms with van der Waals surface area (Å²) >= 11 is 0. The van der Waals surface area contributed by atoms with Gasteiger partial charge in [-0.2, -0.15) is 0 Å². The molecule has 0 aliphatic heterocycles. The van der Waals surface area contributed by atoms with Gasteiger partial charge in [-0.15, -0.1) is 13.2 Å². The van der Waals surface area contributed by atoms with Gasteiger partial charge < -0.3 is 15.6 Å². The zero-order valence-electron chi connectivity index (χ0n) is 7.31. The zero-order chi connectivity index (χ0) is 11.6. The van der Waals surface area contributed by atoms with Crippen LogP contribution in [0.4, 0.5) is 23.2 Å². The van der Waals surface area contributed by atoms with E-state index in [4.69, 9.17) is 10.8 Å². The molecule has 0 aliphatic rings.